The quantitative estimate of drug-likeness (QED) is 0.275. The van der Waals surface area contributed by atoms with Gasteiger partial charge in [0.2, 0.25) is 11.8 Å². The molecule has 1 heterocycles. The predicted octanol–water partition coefficient (Wildman–Crippen LogP) is 3.89. The lowest BCUT2D eigenvalue weighted by molar-refractivity contribution is -0.135. The van der Waals surface area contributed by atoms with Gasteiger partial charge in [-0.1, -0.05) is 73.3 Å². The van der Waals surface area contributed by atoms with E-state index in [-0.39, 0.29) is 24.3 Å². The van der Waals surface area contributed by atoms with Crippen molar-refractivity contribution in [1.29, 1.82) is 0 Å². The zero-order chi connectivity index (χ0) is 29.0. The van der Waals surface area contributed by atoms with E-state index < -0.39 is 12.1 Å². The summed E-state index contributed by atoms with van der Waals surface area (Å²) >= 11 is 0. The van der Waals surface area contributed by atoms with E-state index in [2.05, 4.69) is 17.2 Å². The molecule has 1 unspecified atom stereocenters. The minimum absolute atomic E-state index is 0.0605. The molecule has 0 aromatic heterocycles. The highest BCUT2D eigenvalue weighted by Gasteiger charge is 2.30. The molecule has 214 valence electrons. The van der Waals surface area contributed by atoms with Crippen molar-refractivity contribution >= 4 is 34.6 Å². The molecule has 0 spiro atoms. The molecule has 2 N–H and O–H groups in total. The molecule has 1 saturated heterocycles. The first-order chi connectivity index (χ1) is 20.0. The fraction of sp³-hybridized carbons (Fsp3) is 0.312. The third-order valence-corrected chi connectivity index (χ3v) is 7.11. The van der Waals surface area contributed by atoms with Gasteiger partial charge in [0.25, 0.3) is 5.91 Å². The second-order valence-electron chi connectivity index (χ2n) is 9.89. The van der Waals surface area contributed by atoms with Gasteiger partial charge in [-0.25, -0.2) is 4.79 Å². The Kier molecular flexibility index (Phi) is 10.5. The Hall–Kier alpha value is -4.66. The number of ether oxygens (including phenoxy) is 1. The first-order valence-electron chi connectivity index (χ1n) is 13.9. The summed E-state index contributed by atoms with van der Waals surface area (Å²) < 4.78 is 5.36. The zero-order valence-corrected chi connectivity index (χ0v) is 23.1. The highest BCUT2D eigenvalue weighted by Crippen LogP contribution is 2.21. The highest BCUT2D eigenvalue weighted by molar-refractivity contribution is 6.07. The molecule has 4 amide bonds. The molecule has 4 rings (SSSR count). The Labute approximate surface area is 240 Å². The molecule has 0 radical (unpaired) electrons. The highest BCUT2D eigenvalue weighted by atomic mass is 16.5. The van der Waals surface area contributed by atoms with Gasteiger partial charge in [0.05, 0.1) is 0 Å². The predicted molar refractivity (Wildman–Crippen MR) is 157 cm³/mol. The van der Waals surface area contributed by atoms with Crippen LogP contribution in [0, 0.1) is 0 Å². The van der Waals surface area contributed by atoms with E-state index >= 15 is 0 Å². The van der Waals surface area contributed by atoms with Gasteiger partial charge < -0.3 is 25.2 Å². The van der Waals surface area contributed by atoms with Crippen LogP contribution in [0.1, 0.15) is 35.2 Å². The minimum atomic E-state index is -0.784. The lowest BCUT2D eigenvalue weighted by Crippen LogP contribution is -2.56. The Balaban J connectivity index is 1.34. The number of rotatable bonds is 11. The molecule has 1 fully saturated rings. The number of hydrogen-bond donors (Lipinski definition) is 2. The molecule has 1 atom stereocenters. The van der Waals surface area contributed by atoms with E-state index in [9.17, 15) is 19.2 Å². The Morgan fingerprint density at radius 3 is 2.29 bits per heavy atom. The number of alkyl carbamates (subject to hydrolysis) is 1. The van der Waals surface area contributed by atoms with Crippen LogP contribution < -0.4 is 10.6 Å². The average Bonchev–Trinajstić information content (AvgIpc) is 3.02. The number of nitrogens with zero attached hydrogens (tertiary/aromatic N) is 2. The van der Waals surface area contributed by atoms with Gasteiger partial charge in [0, 0.05) is 38.3 Å². The summed E-state index contributed by atoms with van der Waals surface area (Å²) in [6.45, 7) is 5.49. The summed E-state index contributed by atoms with van der Waals surface area (Å²) in [5.74, 6) is -0.528. The van der Waals surface area contributed by atoms with Crippen LogP contribution in [0.3, 0.4) is 0 Å². The Morgan fingerprint density at radius 1 is 0.854 bits per heavy atom. The average molecular weight is 557 g/mol. The number of nitrogens with one attached hydrogen (secondary N) is 2. The maximum absolute atomic E-state index is 13.5. The SMILES string of the molecule is C=CC(=O)NCCCCC(NC(=O)OCc1ccccc1)C(=O)N1CCN(C(=O)c2cccc3ccccc23)CC1. The molecule has 3 aromatic carbocycles. The van der Waals surface area contributed by atoms with Crippen LogP contribution in [-0.2, 0) is 20.9 Å². The first-order valence-corrected chi connectivity index (χ1v) is 13.9. The fourth-order valence-corrected chi connectivity index (χ4v) is 4.85. The summed E-state index contributed by atoms with van der Waals surface area (Å²) in [4.78, 5) is 54.3. The van der Waals surface area contributed by atoms with Crippen molar-refractivity contribution < 1.29 is 23.9 Å². The van der Waals surface area contributed by atoms with Crippen molar-refractivity contribution in [3.63, 3.8) is 0 Å². The summed E-state index contributed by atoms with van der Waals surface area (Å²) in [5.41, 5.74) is 1.49. The number of unbranched alkanes of at least 4 members (excludes halogenated alkanes) is 1. The monoisotopic (exact) mass is 556 g/mol. The summed E-state index contributed by atoms with van der Waals surface area (Å²) in [7, 11) is 0. The van der Waals surface area contributed by atoms with Crippen LogP contribution in [0.5, 0.6) is 0 Å². The van der Waals surface area contributed by atoms with Crippen LogP contribution in [0.4, 0.5) is 4.79 Å². The largest absolute Gasteiger partial charge is 0.445 e. The molecular formula is C32H36N4O5. The second-order valence-corrected chi connectivity index (χ2v) is 9.89. The second kappa shape index (κ2) is 14.6. The molecule has 9 nitrogen and oxygen atoms in total. The summed E-state index contributed by atoms with van der Waals surface area (Å²) in [6.07, 6.45) is 2.17. The number of amides is 4. The van der Waals surface area contributed by atoms with E-state index in [1.807, 2.05) is 72.8 Å². The molecular weight excluding hydrogens is 520 g/mol. The van der Waals surface area contributed by atoms with Gasteiger partial charge in [0.1, 0.15) is 12.6 Å². The van der Waals surface area contributed by atoms with Gasteiger partial charge in [-0.05, 0) is 47.7 Å². The van der Waals surface area contributed by atoms with Crippen LogP contribution in [0.25, 0.3) is 10.8 Å². The fourth-order valence-electron chi connectivity index (χ4n) is 4.85. The van der Waals surface area contributed by atoms with E-state index in [0.29, 0.717) is 57.5 Å². The topological polar surface area (TPSA) is 108 Å². The molecule has 1 aliphatic heterocycles. The maximum atomic E-state index is 13.5. The maximum Gasteiger partial charge on any atom is 0.408 e. The van der Waals surface area contributed by atoms with Gasteiger partial charge in [-0.2, -0.15) is 0 Å². The van der Waals surface area contributed by atoms with Gasteiger partial charge in [0.15, 0.2) is 0 Å². The smallest absolute Gasteiger partial charge is 0.408 e. The first kappa shape index (κ1) is 29.3. The van der Waals surface area contributed by atoms with Crippen molar-refractivity contribution in [3.8, 4) is 0 Å². The molecule has 41 heavy (non-hydrogen) atoms. The van der Waals surface area contributed by atoms with E-state index in [1.54, 1.807) is 9.80 Å². The van der Waals surface area contributed by atoms with Crippen molar-refractivity contribution in [1.82, 2.24) is 20.4 Å². The number of carbonyl (C=O) groups is 4. The number of piperazine rings is 1. The summed E-state index contributed by atoms with van der Waals surface area (Å²) in [5, 5.41) is 7.36. The third kappa shape index (κ3) is 8.17. The summed E-state index contributed by atoms with van der Waals surface area (Å²) in [6, 6.07) is 22.0. The molecule has 1 aliphatic rings. The zero-order valence-electron chi connectivity index (χ0n) is 23.1. The number of fused-ring (bicyclic) bond motifs is 1. The van der Waals surface area contributed by atoms with Gasteiger partial charge >= 0.3 is 6.09 Å². The van der Waals surface area contributed by atoms with E-state index in [4.69, 9.17) is 4.74 Å². The third-order valence-electron chi connectivity index (χ3n) is 7.11. The standard InChI is InChI=1S/C32H36N4O5/c1-2-29(37)33-18-9-8-17-28(34-32(40)41-23-24-11-4-3-5-12-24)31(39)36-21-19-35(20-22-36)30(38)27-16-10-14-25-13-6-7-15-26(25)27/h2-7,10-16,28H,1,8-9,17-23H2,(H,33,37)(H,34,40). The molecule has 9 heteroatoms. The lowest BCUT2D eigenvalue weighted by atomic mass is 10.0. The Bertz CT molecular complexity index is 1360. The van der Waals surface area contributed by atoms with Crippen molar-refractivity contribution in [3.05, 3.63) is 96.6 Å². The molecule has 0 aliphatic carbocycles. The lowest BCUT2D eigenvalue weighted by Gasteiger charge is -2.36. The van der Waals surface area contributed by atoms with Gasteiger partial charge in [-0.3, -0.25) is 14.4 Å². The molecule has 0 bridgehead atoms. The van der Waals surface area contributed by atoms with Crippen molar-refractivity contribution in [2.75, 3.05) is 32.7 Å². The van der Waals surface area contributed by atoms with Crippen molar-refractivity contribution in [2.45, 2.75) is 31.9 Å². The van der Waals surface area contributed by atoms with Gasteiger partial charge in [-0.15, -0.1) is 0 Å². The van der Waals surface area contributed by atoms with Crippen LogP contribution >= 0.6 is 0 Å². The normalized spacial score (nSPS) is 13.8. The van der Waals surface area contributed by atoms with E-state index in [1.165, 1.54) is 6.08 Å². The van der Waals surface area contributed by atoms with E-state index in [0.717, 1.165) is 16.3 Å². The van der Waals surface area contributed by atoms with Crippen LogP contribution in [0.2, 0.25) is 0 Å². The number of carbonyl (C=O) groups excluding carboxylic acids is 4. The minimum Gasteiger partial charge on any atom is -0.445 e. The van der Waals surface area contributed by atoms with Crippen LogP contribution in [0.15, 0.2) is 85.5 Å². The molecule has 3 aromatic rings. The van der Waals surface area contributed by atoms with Crippen molar-refractivity contribution in [2.24, 2.45) is 0 Å². The molecule has 0 saturated carbocycles. The number of hydrogen-bond acceptors (Lipinski definition) is 5. The Morgan fingerprint density at radius 2 is 1.54 bits per heavy atom. The van der Waals surface area contributed by atoms with Crippen LogP contribution in [-0.4, -0.2) is 72.4 Å². The number of benzene rings is 3.